The molecule has 0 aliphatic carbocycles. The topological polar surface area (TPSA) is 69.6 Å². The number of carbonyl (C=O) groups excluding carboxylic acids is 1. The lowest BCUT2D eigenvalue weighted by atomic mass is 10.0. The van der Waals surface area contributed by atoms with Gasteiger partial charge >= 0.3 is 0 Å². The van der Waals surface area contributed by atoms with Crippen LogP contribution in [0.25, 0.3) is 0 Å². The molecule has 0 aliphatic heterocycles. The molecule has 3 N–H and O–H groups in total. The van der Waals surface area contributed by atoms with Crippen molar-refractivity contribution >= 4 is 5.91 Å². The molecule has 0 saturated heterocycles. The van der Waals surface area contributed by atoms with Crippen molar-refractivity contribution in [2.75, 3.05) is 6.61 Å². The summed E-state index contributed by atoms with van der Waals surface area (Å²) in [6.07, 6.45) is 66.3. The zero-order chi connectivity index (χ0) is 42.1. The Kier molecular flexibility index (Phi) is 49.2. The molecule has 0 rings (SSSR count). The second-order valence-corrected chi connectivity index (χ2v) is 18.3. The molecule has 0 spiro atoms. The van der Waals surface area contributed by atoms with E-state index in [4.69, 9.17) is 0 Å². The quantitative estimate of drug-likeness (QED) is 0.0423. The first-order valence-corrected chi connectivity index (χ1v) is 26.6. The maximum Gasteiger partial charge on any atom is 0.220 e. The summed E-state index contributed by atoms with van der Waals surface area (Å²) in [4.78, 5) is 12.4. The third-order valence-electron chi connectivity index (χ3n) is 12.4. The Labute approximate surface area is 364 Å². The summed E-state index contributed by atoms with van der Waals surface area (Å²) in [6.45, 7) is 4.31. The highest BCUT2D eigenvalue weighted by atomic mass is 16.3. The monoisotopic (exact) mass is 816 g/mol. The Morgan fingerprint density at radius 2 is 0.655 bits per heavy atom. The average molecular weight is 816 g/mol. The molecule has 0 aromatic rings. The minimum Gasteiger partial charge on any atom is -0.394 e. The van der Waals surface area contributed by atoms with Crippen LogP contribution >= 0.6 is 0 Å². The number of hydrogen-bond donors (Lipinski definition) is 3. The summed E-state index contributed by atoms with van der Waals surface area (Å²) in [5, 5.41) is 23.1. The van der Waals surface area contributed by atoms with Crippen molar-refractivity contribution in [2.24, 2.45) is 0 Å². The highest BCUT2D eigenvalue weighted by Crippen LogP contribution is 2.17. The van der Waals surface area contributed by atoms with Gasteiger partial charge in [-0.2, -0.15) is 0 Å². The molecule has 0 heterocycles. The van der Waals surface area contributed by atoms with Gasteiger partial charge in [0.2, 0.25) is 5.91 Å². The van der Waals surface area contributed by atoms with E-state index in [-0.39, 0.29) is 12.5 Å². The van der Waals surface area contributed by atoms with Crippen LogP contribution in [-0.2, 0) is 4.79 Å². The van der Waals surface area contributed by atoms with Crippen LogP contribution in [0.1, 0.15) is 296 Å². The number of allylic oxidation sites excluding steroid dienone is 3. The summed E-state index contributed by atoms with van der Waals surface area (Å²) < 4.78 is 0. The third-order valence-corrected chi connectivity index (χ3v) is 12.4. The number of hydrogen-bond acceptors (Lipinski definition) is 3. The third kappa shape index (κ3) is 45.9. The van der Waals surface area contributed by atoms with Crippen LogP contribution in [0.3, 0.4) is 0 Å². The number of rotatable bonds is 49. The Balaban J connectivity index is 3.41. The van der Waals surface area contributed by atoms with Gasteiger partial charge in [-0.05, 0) is 44.9 Å². The molecule has 0 aliphatic rings. The Morgan fingerprint density at radius 1 is 0.397 bits per heavy atom. The van der Waals surface area contributed by atoms with Crippen molar-refractivity contribution in [3.05, 3.63) is 24.3 Å². The van der Waals surface area contributed by atoms with E-state index in [9.17, 15) is 15.0 Å². The average Bonchev–Trinajstić information content (AvgIpc) is 3.23. The molecule has 0 bridgehead atoms. The zero-order valence-corrected chi connectivity index (χ0v) is 39.6. The van der Waals surface area contributed by atoms with Crippen molar-refractivity contribution < 1.29 is 15.0 Å². The van der Waals surface area contributed by atoms with Gasteiger partial charge < -0.3 is 15.5 Å². The van der Waals surface area contributed by atoms with E-state index in [1.807, 2.05) is 6.08 Å². The summed E-state index contributed by atoms with van der Waals surface area (Å²) in [5.74, 6) is -0.0707. The van der Waals surface area contributed by atoms with Crippen LogP contribution < -0.4 is 5.32 Å². The predicted molar refractivity (Wildman–Crippen MR) is 258 cm³/mol. The molecule has 0 radical (unpaired) electrons. The molecule has 1 amide bonds. The lowest BCUT2D eigenvalue weighted by molar-refractivity contribution is -0.123. The number of nitrogens with one attached hydrogen (secondary N) is 1. The normalized spacial score (nSPS) is 13.0. The van der Waals surface area contributed by atoms with Gasteiger partial charge in [0.25, 0.3) is 0 Å². The smallest absolute Gasteiger partial charge is 0.220 e. The van der Waals surface area contributed by atoms with E-state index < -0.39 is 12.1 Å². The maximum absolute atomic E-state index is 12.4. The van der Waals surface area contributed by atoms with Crippen molar-refractivity contribution in [1.29, 1.82) is 0 Å². The Morgan fingerprint density at radius 3 is 0.966 bits per heavy atom. The number of aliphatic hydroxyl groups excluding tert-OH is 2. The molecular formula is C54H105NO3. The molecule has 4 nitrogen and oxygen atoms in total. The summed E-state index contributed by atoms with van der Waals surface area (Å²) in [5.41, 5.74) is 0. The molecule has 0 aromatic heterocycles. The number of unbranched alkanes of at least 4 members (excludes halogenated alkanes) is 40. The van der Waals surface area contributed by atoms with E-state index >= 15 is 0 Å². The van der Waals surface area contributed by atoms with Gasteiger partial charge in [0, 0.05) is 6.42 Å². The van der Waals surface area contributed by atoms with Gasteiger partial charge in [-0.1, -0.05) is 269 Å². The maximum atomic E-state index is 12.4. The van der Waals surface area contributed by atoms with E-state index in [2.05, 4.69) is 31.3 Å². The van der Waals surface area contributed by atoms with Gasteiger partial charge in [-0.15, -0.1) is 0 Å². The van der Waals surface area contributed by atoms with Crippen molar-refractivity contribution in [1.82, 2.24) is 5.32 Å². The Bertz CT molecular complexity index is 840. The van der Waals surface area contributed by atoms with Crippen LogP contribution in [0, 0.1) is 0 Å². The summed E-state index contributed by atoms with van der Waals surface area (Å²) in [7, 11) is 0. The molecular weight excluding hydrogens is 711 g/mol. The number of carbonyl (C=O) groups is 1. The van der Waals surface area contributed by atoms with E-state index in [1.165, 1.54) is 238 Å². The van der Waals surface area contributed by atoms with Crippen LogP contribution in [0.2, 0.25) is 0 Å². The van der Waals surface area contributed by atoms with Crippen LogP contribution in [0.4, 0.5) is 0 Å². The lowest BCUT2D eigenvalue weighted by Crippen LogP contribution is -2.45. The zero-order valence-electron chi connectivity index (χ0n) is 39.6. The highest BCUT2D eigenvalue weighted by Gasteiger charge is 2.18. The molecule has 344 valence electrons. The van der Waals surface area contributed by atoms with Gasteiger partial charge in [0.15, 0.2) is 0 Å². The van der Waals surface area contributed by atoms with Crippen LogP contribution in [-0.4, -0.2) is 34.9 Å². The van der Waals surface area contributed by atoms with E-state index in [0.29, 0.717) is 6.42 Å². The van der Waals surface area contributed by atoms with Gasteiger partial charge in [0.1, 0.15) is 0 Å². The largest absolute Gasteiger partial charge is 0.394 e. The fourth-order valence-corrected chi connectivity index (χ4v) is 8.35. The summed E-state index contributed by atoms with van der Waals surface area (Å²) in [6, 6.07) is -0.624. The second kappa shape index (κ2) is 50.2. The first-order chi connectivity index (χ1) is 28.7. The number of aliphatic hydroxyl groups is 2. The molecule has 2 atom stereocenters. The van der Waals surface area contributed by atoms with Crippen LogP contribution in [0.15, 0.2) is 24.3 Å². The van der Waals surface area contributed by atoms with Crippen LogP contribution in [0.5, 0.6) is 0 Å². The van der Waals surface area contributed by atoms with Gasteiger partial charge in [0.05, 0.1) is 18.8 Å². The van der Waals surface area contributed by atoms with E-state index in [0.717, 1.165) is 38.5 Å². The molecule has 0 saturated carbocycles. The summed E-state index contributed by atoms with van der Waals surface area (Å²) >= 11 is 0. The van der Waals surface area contributed by atoms with Crippen molar-refractivity contribution in [3.63, 3.8) is 0 Å². The van der Waals surface area contributed by atoms with Crippen molar-refractivity contribution in [2.45, 2.75) is 309 Å². The number of amides is 1. The van der Waals surface area contributed by atoms with E-state index in [1.54, 1.807) is 6.08 Å². The molecule has 58 heavy (non-hydrogen) atoms. The van der Waals surface area contributed by atoms with Gasteiger partial charge in [-0.25, -0.2) is 0 Å². The predicted octanol–water partition coefficient (Wildman–Crippen LogP) is 17.1. The fourth-order valence-electron chi connectivity index (χ4n) is 8.35. The lowest BCUT2D eigenvalue weighted by Gasteiger charge is -2.20. The first-order valence-electron chi connectivity index (χ1n) is 26.6. The minimum atomic E-state index is -0.841. The Hall–Kier alpha value is -1.13. The first kappa shape index (κ1) is 56.9. The fraction of sp³-hybridized carbons (Fsp3) is 0.907. The molecule has 4 heteroatoms. The molecule has 0 aromatic carbocycles. The second-order valence-electron chi connectivity index (χ2n) is 18.3. The SMILES string of the molecule is CCCCCC/C=C\CCCCCCCC(=O)NC(CO)C(O)/C=C/CCCCCCCCCCCCCCCCCCCCCCCCCCCCCCCCC. The van der Waals surface area contributed by atoms with Gasteiger partial charge in [-0.3, -0.25) is 4.79 Å². The standard InChI is InChI=1S/C54H105NO3/c1-3-5-7-9-11-13-15-17-18-19-20-21-22-23-24-25-26-27-28-29-30-31-32-33-34-35-36-38-39-41-43-45-47-49-53(57)52(51-56)55-54(58)50-48-46-44-42-40-37-16-14-12-10-8-6-4-2/h14,16,47,49,52-53,56-57H,3-13,15,17-46,48,50-51H2,1-2H3,(H,55,58)/b16-14-,49-47+. The molecule has 2 unspecified atom stereocenters. The minimum absolute atomic E-state index is 0.0707. The highest BCUT2D eigenvalue weighted by molar-refractivity contribution is 5.76. The van der Waals surface area contributed by atoms with Crippen molar-refractivity contribution in [3.8, 4) is 0 Å². The molecule has 0 fully saturated rings.